The van der Waals surface area contributed by atoms with Gasteiger partial charge in [-0.25, -0.2) is 18.2 Å². The summed E-state index contributed by atoms with van der Waals surface area (Å²) in [5.41, 5.74) is 2.47. The number of rotatable bonds is 4. The monoisotopic (exact) mass is 470 g/mol. The van der Waals surface area contributed by atoms with E-state index in [9.17, 15) is 13.2 Å². The highest BCUT2D eigenvalue weighted by Gasteiger charge is 2.27. The zero-order valence-electron chi connectivity index (χ0n) is 19.5. The Kier molecular flexibility index (Phi) is 6.18. The van der Waals surface area contributed by atoms with Crippen molar-refractivity contribution >= 4 is 26.8 Å². The fourth-order valence-electron chi connectivity index (χ4n) is 4.08. The van der Waals surface area contributed by atoms with Gasteiger partial charge in [-0.05, 0) is 63.3 Å². The van der Waals surface area contributed by atoms with Crippen LogP contribution in [0.4, 0.5) is 4.79 Å². The number of likely N-dealkylation sites (tertiary alicyclic amines) is 1. The van der Waals surface area contributed by atoms with E-state index in [1.807, 2.05) is 49.9 Å². The second kappa shape index (κ2) is 8.78. The van der Waals surface area contributed by atoms with Gasteiger partial charge in [0.2, 0.25) is 0 Å². The summed E-state index contributed by atoms with van der Waals surface area (Å²) >= 11 is 0. The van der Waals surface area contributed by atoms with Crippen molar-refractivity contribution < 1.29 is 17.9 Å². The average Bonchev–Trinajstić information content (AvgIpc) is 3.15. The largest absolute Gasteiger partial charge is 0.444 e. The van der Waals surface area contributed by atoms with E-state index in [0.717, 1.165) is 35.7 Å². The van der Waals surface area contributed by atoms with E-state index in [-0.39, 0.29) is 11.1 Å². The van der Waals surface area contributed by atoms with Crippen molar-refractivity contribution in [1.29, 1.82) is 0 Å². The number of piperidine rings is 1. The summed E-state index contributed by atoms with van der Waals surface area (Å²) in [6, 6.07) is 7.63. The molecule has 0 aromatic carbocycles. The van der Waals surface area contributed by atoms with Gasteiger partial charge >= 0.3 is 6.09 Å². The predicted molar refractivity (Wildman–Crippen MR) is 126 cm³/mol. The maximum Gasteiger partial charge on any atom is 0.410 e. The highest BCUT2D eigenvalue weighted by molar-refractivity contribution is 7.90. The molecule has 0 unspecified atom stereocenters. The van der Waals surface area contributed by atoms with E-state index in [1.54, 1.807) is 17.2 Å². The molecule has 0 saturated carbocycles. The average molecular weight is 471 g/mol. The minimum absolute atomic E-state index is 0.0768. The van der Waals surface area contributed by atoms with Crippen LogP contribution in [0.3, 0.4) is 0 Å². The molecule has 1 amide bonds. The quantitative estimate of drug-likeness (QED) is 0.572. The van der Waals surface area contributed by atoms with E-state index in [4.69, 9.17) is 4.74 Å². The minimum atomic E-state index is -3.34. The lowest BCUT2D eigenvalue weighted by Crippen LogP contribution is -2.41. The van der Waals surface area contributed by atoms with Crippen molar-refractivity contribution in [2.24, 2.45) is 0 Å². The van der Waals surface area contributed by atoms with Crippen LogP contribution in [-0.4, -0.2) is 58.9 Å². The Morgan fingerprint density at radius 1 is 1.12 bits per heavy atom. The van der Waals surface area contributed by atoms with Gasteiger partial charge in [0, 0.05) is 37.1 Å². The molecular formula is C24H30N4O4S. The van der Waals surface area contributed by atoms with Crippen molar-refractivity contribution in [3.05, 3.63) is 54.1 Å². The highest BCUT2D eigenvalue weighted by Crippen LogP contribution is 2.28. The van der Waals surface area contributed by atoms with Gasteiger partial charge in [-0.1, -0.05) is 6.07 Å². The molecule has 4 rings (SSSR count). The predicted octanol–water partition coefficient (Wildman–Crippen LogP) is 4.00. The number of amides is 1. The number of carbonyl (C=O) groups is 1. The van der Waals surface area contributed by atoms with Gasteiger partial charge in [0.25, 0.3) is 0 Å². The topological polar surface area (TPSA) is 94.4 Å². The lowest BCUT2D eigenvalue weighted by Gasteiger charge is -2.33. The molecule has 1 fully saturated rings. The summed E-state index contributed by atoms with van der Waals surface area (Å²) in [6.07, 6.45) is 8.12. The molecule has 0 aliphatic carbocycles. The molecule has 0 atom stereocenters. The third kappa shape index (κ3) is 5.52. The molecule has 0 spiro atoms. The smallest absolute Gasteiger partial charge is 0.410 e. The van der Waals surface area contributed by atoms with E-state index in [0.29, 0.717) is 25.6 Å². The summed E-state index contributed by atoms with van der Waals surface area (Å²) in [5.74, 6) is 0.372. The van der Waals surface area contributed by atoms with Gasteiger partial charge in [-0.2, -0.15) is 0 Å². The van der Waals surface area contributed by atoms with Crippen LogP contribution in [0.2, 0.25) is 0 Å². The molecule has 176 valence electrons. The molecule has 1 saturated heterocycles. The molecule has 0 bridgehead atoms. The Hall–Kier alpha value is -2.94. The van der Waals surface area contributed by atoms with Crippen LogP contribution >= 0.6 is 0 Å². The van der Waals surface area contributed by atoms with Gasteiger partial charge in [0.05, 0.1) is 24.0 Å². The van der Waals surface area contributed by atoms with Gasteiger partial charge in [-0.3, -0.25) is 4.98 Å². The highest BCUT2D eigenvalue weighted by atomic mass is 32.2. The molecular weight excluding hydrogens is 440 g/mol. The number of aromatic nitrogens is 3. The van der Waals surface area contributed by atoms with Crippen molar-refractivity contribution in [2.75, 3.05) is 19.3 Å². The summed E-state index contributed by atoms with van der Waals surface area (Å²) in [6.45, 7) is 7.57. The molecule has 1 aliphatic heterocycles. The summed E-state index contributed by atoms with van der Waals surface area (Å²) in [7, 11) is -3.34. The normalized spacial score (nSPS) is 15.7. The number of carbonyl (C=O) groups excluding carboxylic acids is 1. The Balaban J connectivity index is 1.39. The number of hydrogen-bond acceptors (Lipinski definition) is 6. The van der Waals surface area contributed by atoms with Gasteiger partial charge < -0.3 is 14.2 Å². The number of fused-ring (bicyclic) bond motifs is 1. The number of ether oxygens (including phenoxy) is 1. The lowest BCUT2D eigenvalue weighted by atomic mass is 9.90. The Morgan fingerprint density at radius 3 is 2.45 bits per heavy atom. The van der Waals surface area contributed by atoms with Crippen LogP contribution in [0, 0.1) is 0 Å². The van der Waals surface area contributed by atoms with Gasteiger partial charge in [0.1, 0.15) is 5.60 Å². The number of nitrogens with zero attached hydrogens (tertiary/aromatic N) is 4. The zero-order valence-corrected chi connectivity index (χ0v) is 20.3. The fourth-order valence-corrected chi connectivity index (χ4v) is 4.66. The van der Waals surface area contributed by atoms with E-state index in [1.165, 1.54) is 5.56 Å². The summed E-state index contributed by atoms with van der Waals surface area (Å²) < 4.78 is 31.0. The molecule has 0 N–H and O–H groups in total. The van der Waals surface area contributed by atoms with Crippen LogP contribution < -0.4 is 0 Å². The number of hydrogen-bond donors (Lipinski definition) is 0. The van der Waals surface area contributed by atoms with Crippen molar-refractivity contribution in [3.63, 3.8) is 0 Å². The second-order valence-corrected chi connectivity index (χ2v) is 11.6. The van der Waals surface area contributed by atoms with Crippen LogP contribution in [-0.2, 0) is 21.1 Å². The van der Waals surface area contributed by atoms with E-state index in [2.05, 4.69) is 16.0 Å². The first-order valence-corrected chi connectivity index (χ1v) is 13.0. The third-order valence-electron chi connectivity index (χ3n) is 5.81. The van der Waals surface area contributed by atoms with Crippen LogP contribution in [0.1, 0.15) is 50.8 Å². The molecule has 4 heterocycles. The zero-order chi connectivity index (χ0) is 23.8. The first-order chi connectivity index (χ1) is 15.5. The van der Waals surface area contributed by atoms with Crippen LogP contribution in [0.15, 0.2) is 47.9 Å². The molecule has 33 heavy (non-hydrogen) atoms. The van der Waals surface area contributed by atoms with Crippen LogP contribution in [0.25, 0.3) is 10.9 Å². The second-order valence-electron chi connectivity index (χ2n) is 9.62. The molecule has 1 aliphatic rings. The van der Waals surface area contributed by atoms with Crippen LogP contribution in [0.5, 0.6) is 0 Å². The minimum Gasteiger partial charge on any atom is -0.444 e. The first kappa shape index (κ1) is 23.2. The maximum absolute atomic E-state index is 12.3. The molecule has 8 nitrogen and oxygen atoms in total. The standard InChI is InChI=1S/C24H30N4O4S/c1-24(2,3)32-23(29)27-10-7-17(8-11-27)19-5-6-20(25-14-19)16-28-12-9-18-13-22(33(4,30)31)26-15-21(18)28/h5-6,9,12-15,17H,7-8,10-11,16H2,1-4H3. The Morgan fingerprint density at radius 2 is 1.85 bits per heavy atom. The molecule has 3 aromatic rings. The van der Waals surface area contributed by atoms with E-state index < -0.39 is 15.4 Å². The molecule has 9 heteroatoms. The van der Waals surface area contributed by atoms with Crippen molar-refractivity contribution in [2.45, 2.75) is 56.7 Å². The Bertz CT molecular complexity index is 1250. The number of pyridine rings is 2. The SMILES string of the molecule is CC(C)(C)OC(=O)N1CCC(c2ccc(Cn3ccc4cc(S(C)(=O)=O)ncc43)nc2)CC1. The third-order valence-corrected chi connectivity index (χ3v) is 6.79. The van der Waals surface area contributed by atoms with E-state index >= 15 is 0 Å². The van der Waals surface area contributed by atoms with Crippen molar-refractivity contribution in [3.8, 4) is 0 Å². The summed E-state index contributed by atoms with van der Waals surface area (Å²) in [4.78, 5) is 22.8. The van der Waals surface area contributed by atoms with Gasteiger partial charge in [0.15, 0.2) is 14.9 Å². The first-order valence-electron chi connectivity index (χ1n) is 11.1. The Labute approximate surface area is 194 Å². The fraction of sp³-hybridized carbons (Fsp3) is 0.458. The maximum atomic E-state index is 12.3. The van der Waals surface area contributed by atoms with Gasteiger partial charge in [-0.15, -0.1) is 0 Å². The van der Waals surface area contributed by atoms with Crippen molar-refractivity contribution in [1.82, 2.24) is 19.4 Å². The summed E-state index contributed by atoms with van der Waals surface area (Å²) in [5, 5.41) is 0.909. The molecule has 3 aromatic heterocycles. The molecule has 0 radical (unpaired) electrons. The number of sulfone groups is 1. The lowest BCUT2D eigenvalue weighted by molar-refractivity contribution is 0.0205.